The Morgan fingerprint density at radius 2 is 1.89 bits per heavy atom. The molecule has 1 aromatic carbocycles. The minimum Gasteiger partial charge on any atom is -0.467 e. The number of hydrogen-bond acceptors (Lipinski definition) is 4. The first kappa shape index (κ1) is 17.4. The van der Waals surface area contributed by atoms with Crippen molar-refractivity contribution in [2.75, 3.05) is 7.11 Å². The van der Waals surface area contributed by atoms with E-state index in [1.165, 1.54) is 7.11 Å². The van der Waals surface area contributed by atoms with Gasteiger partial charge in [0.15, 0.2) is 0 Å². The van der Waals surface area contributed by atoms with Crippen LogP contribution in [0.2, 0.25) is 0 Å². The molecular formula is C13H19ClN2O3. The van der Waals surface area contributed by atoms with Gasteiger partial charge in [0.05, 0.1) is 13.2 Å². The fourth-order valence-corrected chi connectivity index (χ4v) is 1.52. The topological polar surface area (TPSA) is 81.4 Å². The van der Waals surface area contributed by atoms with Crippen molar-refractivity contribution in [3.8, 4) is 0 Å². The van der Waals surface area contributed by atoms with E-state index < -0.39 is 18.1 Å². The normalized spacial score (nSPS) is 12.8. The summed E-state index contributed by atoms with van der Waals surface area (Å²) in [6, 6.07) is 8.10. The Morgan fingerprint density at radius 3 is 2.42 bits per heavy atom. The number of carbonyl (C=O) groups excluding carboxylic acids is 2. The van der Waals surface area contributed by atoms with Crippen LogP contribution < -0.4 is 11.1 Å². The number of nitrogens with one attached hydrogen (secondary N) is 1. The van der Waals surface area contributed by atoms with Gasteiger partial charge in [0.25, 0.3) is 0 Å². The molecule has 5 nitrogen and oxygen atoms in total. The van der Waals surface area contributed by atoms with E-state index in [9.17, 15) is 9.59 Å². The molecule has 0 radical (unpaired) electrons. The van der Waals surface area contributed by atoms with Gasteiger partial charge in [0, 0.05) is 0 Å². The molecule has 1 amide bonds. The molecule has 19 heavy (non-hydrogen) atoms. The number of nitrogens with two attached hydrogens (primary N) is 1. The van der Waals surface area contributed by atoms with Crippen LogP contribution in [-0.4, -0.2) is 31.1 Å². The van der Waals surface area contributed by atoms with Crippen molar-refractivity contribution < 1.29 is 14.3 Å². The first-order chi connectivity index (χ1) is 8.54. The van der Waals surface area contributed by atoms with Gasteiger partial charge < -0.3 is 15.8 Å². The first-order valence-electron chi connectivity index (χ1n) is 5.72. The Morgan fingerprint density at radius 1 is 1.32 bits per heavy atom. The number of amides is 1. The van der Waals surface area contributed by atoms with Gasteiger partial charge in [-0.05, 0) is 18.9 Å². The molecule has 3 N–H and O–H groups in total. The van der Waals surface area contributed by atoms with Crippen molar-refractivity contribution in [3.05, 3.63) is 35.9 Å². The fraction of sp³-hybridized carbons (Fsp3) is 0.385. The molecule has 0 bridgehead atoms. The molecule has 1 rings (SSSR count). The van der Waals surface area contributed by atoms with Crippen molar-refractivity contribution in [1.29, 1.82) is 0 Å². The van der Waals surface area contributed by atoms with Crippen LogP contribution in [0.1, 0.15) is 12.5 Å². The molecule has 0 aromatic heterocycles. The SMILES string of the molecule is COC(=O)[C@H](C)NC(=O)C(N)Cc1ccccc1.Cl. The van der Waals surface area contributed by atoms with Crippen LogP contribution in [0, 0.1) is 0 Å². The second kappa shape index (κ2) is 8.50. The smallest absolute Gasteiger partial charge is 0.328 e. The van der Waals surface area contributed by atoms with Crippen LogP contribution in [0.3, 0.4) is 0 Å². The molecule has 6 heteroatoms. The van der Waals surface area contributed by atoms with E-state index in [0.717, 1.165) is 5.56 Å². The zero-order valence-corrected chi connectivity index (χ0v) is 11.8. The maximum absolute atomic E-state index is 11.7. The van der Waals surface area contributed by atoms with E-state index in [4.69, 9.17) is 5.73 Å². The summed E-state index contributed by atoms with van der Waals surface area (Å²) >= 11 is 0. The molecule has 0 aliphatic carbocycles. The highest BCUT2D eigenvalue weighted by atomic mass is 35.5. The third kappa shape index (κ3) is 5.72. The lowest BCUT2D eigenvalue weighted by Gasteiger charge is -2.15. The number of methoxy groups -OCH3 is 1. The maximum Gasteiger partial charge on any atom is 0.328 e. The van der Waals surface area contributed by atoms with Crippen LogP contribution >= 0.6 is 12.4 Å². The Labute approximate surface area is 118 Å². The van der Waals surface area contributed by atoms with Crippen molar-refractivity contribution in [3.63, 3.8) is 0 Å². The summed E-state index contributed by atoms with van der Waals surface area (Å²) in [7, 11) is 1.27. The lowest BCUT2D eigenvalue weighted by Crippen LogP contribution is -2.48. The number of ether oxygens (including phenoxy) is 1. The molecular weight excluding hydrogens is 268 g/mol. The zero-order chi connectivity index (χ0) is 13.5. The molecule has 0 spiro atoms. The Hall–Kier alpha value is -1.59. The number of carbonyl (C=O) groups is 2. The van der Waals surface area contributed by atoms with Crippen molar-refractivity contribution in [1.82, 2.24) is 5.32 Å². The van der Waals surface area contributed by atoms with Gasteiger partial charge in [-0.25, -0.2) is 4.79 Å². The second-order valence-electron chi connectivity index (χ2n) is 4.05. The minimum atomic E-state index is -0.690. The molecule has 2 atom stereocenters. The van der Waals surface area contributed by atoms with Gasteiger partial charge in [-0.2, -0.15) is 0 Å². The van der Waals surface area contributed by atoms with Crippen LogP contribution in [0.15, 0.2) is 30.3 Å². The predicted octanol–water partition coefficient (Wildman–Crippen LogP) is 0.656. The molecule has 0 aliphatic heterocycles. The highest BCUT2D eigenvalue weighted by Gasteiger charge is 2.20. The van der Waals surface area contributed by atoms with Crippen LogP contribution in [0.4, 0.5) is 0 Å². The largest absolute Gasteiger partial charge is 0.467 e. The molecule has 1 aromatic rings. The Balaban J connectivity index is 0.00000324. The van der Waals surface area contributed by atoms with E-state index in [0.29, 0.717) is 6.42 Å². The number of rotatable bonds is 5. The fourth-order valence-electron chi connectivity index (χ4n) is 1.52. The van der Waals surface area contributed by atoms with Gasteiger partial charge in [-0.15, -0.1) is 12.4 Å². The monoisotopic (exact) mass is 286 g/mol. The lowest BCUT2D eigenvalue weighted by atomic mass is 10.1. The summed E-state index contributed by atoms with van der Waals surface area (Å²) in [5, 5.41) is 2.51. The molecule has 0 fully saturated rings. The summed E-state index contributed by atoms with van der Waals surface area (Å²) in [5.41, 5.74) is 6.75. The number of halogens is 1. The zero-order valence-electron chi connectivity index (χ0n) is 11.0. The standard InChI is InChI=1S/C13H18N2O3.ClH/c1-9(13(17)18-2)15-12(16)11(14)8-10-6-4-3-5-7-10;/h3-7,9,11H,8,14H2,1-2H3,(H,15,16);1H/t9-,11?;/m0./s1. The number of hydrogen-bond donors (Lipinski definition) is 2. The molecule has 106 valence electrons. The van der Waals surface area contributed by atoms with E-state index >= 15 is 0 Å². The van der Waals surface area contributed by atoms with Gasteiger partial charge in [0.1, 0.15) is 6.04 Å². The van der Waals surface area contributed by atoms with E-state index in [1.54, 1.807) is 6.92 Å². The molecule has 1 unspecified atom stereocenters. The van der Waals surface area contributed by atoms with Crippen molar-refractivity contribution in [2.24, 2.45) is 5.73 Å². The number of esters is 1. The van der Waals surface area contributed by atoms with Crippen molar-refractivity contribution in [2.45, 2.75) is 25.4 Å². The Bertz CT molecular complexity index is 412. The first-order valence-corrected chi connectivity index (χ1v) is 5.72. The van der Waals surface area contributed by atoms with Gasteiger partial charge in [-0.3, -0.25) is 4.79 Å². The Kier molecular flexibility index (Phi) is 7.79. The molecule has 0 saturated heterocycles. The average Bonchev–Trinajstić information content (AvgIpc) is 2.38. The third-order valence-electron chi connectivity index (χ3n) is 2.55. The second-order valence-corrected chi connectivity index (χ2v) is 4.05. The highest BCUT2D eigenvalue weighted by molar-refractivity contribution is 5.87. The summed E-state index contributed by atoms with van der Waals surface area (Å²) < 4.78 is 4.52. The molecule has 0 saturated carbocycles. The van der Waals surface area contributed by atoms with E-state index in [2.05, 4.69) is 10.1 Å². The summed E-state index contributed by atoms with van der Waals surface area (Å²) in [5.74, 6) is -0.855. The van der Waals surface area contributed by atoms with Gasteiger partial charge in [-0.1, -0.05) is 30.3 Å². The quantitative estimate of drug-likeness (QED) is 0.779. The maximum atomic E-state index is 11.7. The van der Waals surface area contributed by atoms with Crippen LogP contribution in [0.5, 0.6) is 0 Å². The van der Waals surface area contributed by atoms with E-state index in [1.807, 2.05) is 30.3 Å². The summed E-state index contributed by atoms with van der Waals surface area (Å²) in [6.07, 6.45) is 0.431. The van der Waals surface area contributed by atoms with Crippen LogP contribution in [0.25, 0.3) is 0 Å². The van der Waals surface area contributed by atoms with Gasteiger partial charge >= 0.3 is 5.97 Å². The van der Waals surface area contributed by atoms with Gasteiger partial charge in [0.2, 0.25) is 5.91 Å². The highest BCUT2D eigenvalue weighted by Crippen LogP contribution is 2.02. The molecule has 0 heterocycles. The number of benzene rings is 1. The predicted molar refractivity (Wildman–Crippen MR) is 75.0 cm³/mol. The molecule has 0 aliphatic rings. The van der Waals surface area contributed by atoms with E-state index in [-0.39, 0.29) is 18.3 Å². The summed E-state index contributed by atoms with van der Waals surface area (Å²) in [4.78, 5) is 22.9. The lowest BCUT2D eigenvalue weighted by molar-refractivity contribution is -0.144. The summed E-state index contributed by atoms with van der Waals surface area (Å²) in [6.45, 7) is 1.55. The van der Waals surface area contributed by atoms with Crippen molar-refractivity contribution >= 4 is 24.3 Å². The minimum absolute atomic E-state index is 0. The van der Waals surface area contributed by atoms with Crippen LogP contribution in [-0.2, 0) is 20.7 Å². The average molecular weight is 287 g/mol. The third-order valence-corrected chi connectivity index (χ3v) is 2.55.